The molecule has 0 aliphatic carbocycles. The first kappa shape index (κ1) is 14.3. The van der Waals surface area contributed by atoms with Crippen LogP contribution in [0.5, 0.6) is 0 Å². The molecule has 0 heterocycles. The van der Waals surface area contributed by atoms with Crippen LogP contribution in [-0.4, -0.2) is 25.0 Å². The minimum Gasteiger partial charge on any atom is -0.469 e. The number of methoxy groups -OCH3 is 1. The summed E-state index contributed by atoms with van der Waals surface area (Å²) in [6.45, 7) is 1.71. The summed E-state index contributed by atoms with van der Waals surface area (Å²) in [6, 6.07) is 4.30. The molecule has 0 radical (unpaired) electrons. The Morgan fingerprint density at radius 3 is 2.72 bits per heavy atom. The molecule has 1 unspecified atom stereocenters. The number of carbonyl (C=O) groups is 2. The molecule has 1 atom stereocenters. The quantitative estimate of drug-likeness (QED) is 0.643. The minimum absolute atomic E-state index is 0.106. The highest BCUT2D eigenvalue weighted by molar-refractivity contribution is 6.34. The second-order valence-corrected chi connectivity index (χ2v) is 4.30. The summed E-state index contributed by atoms with van der Waals surface area (Å²) in [7, 11) is 1.30. The lowest BCUT2D eigenvalue weighted by molar-refractivity contribution is -0.141. The van der Waals surface area contributed by atoms with Gasteiger partial charge in [-0.3, -0.25) is 9.59 Å². The molecule has 1 rings (SSSR count). The van der Waals surface area contributed by atoms with Crippen LogP contribution in [-0.2, 0) is 9.53 Å². The van der Waals surface area contributed by atoms with E-state index in [4.69, 9.17) is 17.3 Å². The van der Waals surface area contributed by atoms with E-state index in [2.05, 4.69) is 10.1 Å². The monoisotopic (exact) mass is 270 g/mol. The average Bonchev–Trinajstić information content (AvgIpc) is 2.28. The van der Waals surface area contributed by atoms with Crippen molar-refractivity contribution in [2.24, 2.45) is 0 Å². The molecule has 0 aliphatic heterocycles. The number of rotatable bonds is 4. The Morgan fingerprint density at radius 2 is 2.17 bits per heavy atom. The molecule has 0 spiro atoms. The van der Waals surface area contributed by atoms with E-state index in [0.29, 0.717) is 11.3 Å². The summed E-state index contributed by atoms with van der Waals surface area (Å²) in [5, 5.41) is 2.93. The van der Waals surface area contributed by atoms with E-state index >= 15 is 0 Å². The zero-order valence-corrected chi connectivity index (χ0v) is 11.0. The maximum absolute atomic E-state index is 11.9. The van der Waals surface area contributed by atoms with Gasteiger partial charge in [0.25, 0.3) is 5.91 Å². The Balaban J connectivity index is 2.67. The Morgan fingerprint density at radius 1 is 1.50 bits per heavy atom. The number of hydrogen-bond acceptors (Lipinski definition) is 4. The van der Waals surface area contributed by atoms with Crippen LogP contribution in [0, 0.1) is 0 Å². The summed E-state index contributed by atoms with van der Waals surface area (Å²) in [4.78, 5) is 22.9. The fraction of sp³-hybridized carbons (Fsp3) is 0.333. The number of nitrogens with one attached hydrogen (secondary N) is 1. The van der Waals surface area contributed by atoms with Crippen molar-refractivity contribution in [3.05, 3.63) is 28.8 Å². The Hall–Kier alpha value is -1.75. The molecule has 3 N–H and O–H groups in total. The molecule has 0 bridgehead atoms. The van der Waals surface area contributed by atoms with E-state index in [9.17, 15) is 9.59 Å². The number of nitrogen functional groups attached to an aromatic ring is 1. The van der Waals surface area contributed by atoms with Crippen molar-refractivity contribution in [3.63, 3.8) is 0 Å². The molecule has 98 valence electrons. The van der Waals surface area contributed by atoms with Crippen LogP contribution < -0.4 is 11.1 Å². The molecule has 6 heteroatoms. The van der Waals surface area contributed by atoms with Gasteiger partial charge in [-0.1, -0.05) is 11.6 Å². The Labute approximate surface area is 110 Å². The average molecular weight is 271 g/mol. The van der Waals surface area contributed by atoms with Crippen molar-refractivity contribution >= 4 is 29.2 Å². The van der Waals surface area contributed by atoms with Gasteiger partial charge in [0.2, 0.25) is 0 Å². The van der Waals surface area contributed by atoms with Crippen molar-refractivity contribution < 1.29 is 14.3 Å². The first-order valence-corrected chi connectivity index (χ1v) is 5.74. The first-order chi connectivity index (χ1) is 8.43. The normalized spacial score (nSPS) is 11.7. The molecule has 0 saturated carbocycles. The molecule has 0 aliphatic rings. The zero-order chi connectivity index (χ0) is 13.7. The van der Waals surface area contributed by atoms with Gasteiger partial charge in [-0.2, -0.15) is 0 Å². The summed E-state index contributed by atoms with van der Waals surface area (Å²) in [5.41, 5.74) is 6.34. The number of nitrogens with two attached hydrogens (primary N) is 1. The maximum atomic E-state index is 11.9. The fourth-order valence-corrected chi connectivity index (χ4v) is 1.68. The van der Waals surface area contributed by atoms with Crippen molar-refractivity contribution in [1.29, 1.82) is 0 Å². The standard InChI is InChI=1S/C12H15ClN2O3/c1-7(5-11(16)18-2)15-12(17)9-4-3-8(14)6-10(9)13/h3-4,6-7H,5,14H2,1-2H3,(H,15,17). The van der Waals surface area contributed by atoms with Gasteiger partial charge >= 0.3 is 5.97 Å². The topological polar surface area (TPSA) is 81.4 Å². The number of ether oxygens (including phenoxy) is 1. The third-order valence-electron chi connectivity index (χ3n) is 2.32. The molecule has 5 nitrogen and oxygen atoms in total. The second kappa shape index (κ2) is 6.26. The molecule has 1 amide bonds. The van der Waals surface area contributed by atoms with Crippen LogP contribution in [0.15, 0.2) is 18.2 Å². The van der Waals surface area contributed by atoms with Gasteiger partial charge in [0.15, 0.2) is 0 Å². The molecule has 1 aromatic rings. The number of hydrogen-bond donors (Lipinski definition) is 2. The maximum Gasteiger partial charge on any atom is 0.307 e. The molecular weight excluding hydrogens is 256 g/mol. The SMILES string of the molecule is COC(=O)CC(C)NC(=O)c1ccc(N)cc1Cl. The number of esters is 1. The lowest BCUT2D eigenvalue weighted by atomic mass is 10.1. The smallest absolute Gasteiger partial charge is 0.307 e. The largest absolute Gasteiger partial charge is 0.469 e. The molecule has 0 fully saturated rings. The lowest BCUT2D eigenvalue weighted by Gasteiger charge is -2.13. The van der Waals surface area contributed by atoms with Crippen molar-refractivity contribution in [2.45, 2.75) is 19.4 Å². The van der Waals surface area contributed by atoms with Gasteiger partial charge in [-0.05, 0) is 25.1 Å². The van der Waals surface area contributed by atoms with Crippen LogP contribution in [0.4, 0.5) is 5.69 Å². The zero-order valence-electron chi connectivity index (χ0n) is 10.2. The Bertz CT molecular complexity index is 463. The van der Waals surface area contributed by atoms with E-state index in [1.165, 1.54) is 19.2 Å². The highest BCUT2D eigenvalue weighted by Gasteiger charge is 2.15. The predicted molar refractivity (Wildman–Crippen MR) is 69.4 cm³/mol. The summed E-state index contributed by atoms with van der Waals surface area (Å²) in [5.74, 6) is -0.734. The van der Waals surface area contributed by atoms with Crippen molar-refractivity contribution in [1.82, 2.24) is 5.32 Å². The highest BCUT2D eigenvalue weighted by atomic mass is 35.5. The third-order valence-corrected chi connectivity index (χ3v) is 2.63. The van der Waals surface area contributed by atoms with Gasteiger partial charge in [-0.15, -0.1) is 0 Å². The van der Waals surface area contributed by atoms with Crippen molar-refractivity contribution in [2.75, 3.05) is 12.8 Å². The molecule has 0 saturated heterocycles. The van der Waals surface area contributed by atoms with E-state index in [-0.39, 0.29) is 29.4 Å². The van der Waals surface area contributed by atoms with Crippen LogP contribution in [0.25, 0.3) is 0 Å². The summed E-state index contributed by atoms with van der Waals surface area (Å²) < 4.78 is 4.51. The van der Waals surface area contributed by atoms with Gasteiger partial charge in [0, 0.05) is 11.7 Å². The van der Waals surface area contributed by atoms with Crippen LogP contribution in [0.1, 0.15) is 23.7 Å². The molecular formula is C12H15ClN2O3. The van der Waals surface area contributed by atoms with Crippen LogP contribution in [0.3, 0.4) is 0 Å². The van der Waals surface area contributed by atoms with Crippen molar-refractivity contribution in [3.8, 4) is 0 Å². The Kier molecular flexibility index (Phi) is 4.97. The van der Waals surface area contributed by atoms with Gasteiger partial charge in [0.05, 0.1) is 24.1 Å². The minimum atomic E-state index is -0.383. The second-order valence-electron chi connectivity index (χ2n) is 3.89. The summed E-state index contributed by atoms with van der Waals surface area (Å²) in [6.07, 6.45) is 0.106. The number of anilines is 1. The number of benzene rings is 1. The van der Waals surface area contributed by atoms with Crippen LogP contribution >= 0.6 is 11.6 Å². The predicted octanol–water partition coefficient (Wildman–Crippen LogP) is 1.60. The fourth-order valence-electron chi connectivity index (χ4n) is 1.40. The molecule has 1 aromatic carbocycles. The molecule has 0 aromatic heterocycles. The lowest BCUT2D eigenvalue weighted by Crippen LogP contribution is -2.34. The van der Waals surface area contributed by atoms with Gasteiger partial charge in [-0.25, -0.2) is 0 Å². The number of carbonyl (C=O) groups excluding carboxylic acids is 2. The van der Waals surface area contributed by atoms with E-state index in [1.54, 1.807) is 13.0 Å². The van der Waals surface area contributed by atoms with E-state index in [1.807, 2.05) is 0 Å². The third kappa shape index (κ3) is 3.92. The van der Waals surface area contributed by atoms with E-state index < -0.39 is 0 Å². The molecule has 18 heavy (non-hydrogen) atoms. The van der Waals surface area contributed by atoms with Gasteiger partial charge < -0.3 is 15.8 Å². The number of halogens is 1. The van der Waals surface area contributed by atoms with Crippen LogP contribution in [0.2, 0.25) is 5.02 Å². The number of amides is 1. The first-order valence-electron chi connectivity index (χ1n) is 5.36. The van der Waals surface area contributed by atoms with Gasteiger partial charge in [0.1, 0.15) is 0 Å². The summed E-state index contributed by atoms with van der Waals surface area (Å²) >= 11 is 5.91. The highest BCUT2D eigenvalue weighted by Crippen LogP contribution is 2.19. The van der Waals surface area contributed by atoms with E-state index in [0.717, 1.165) is 0 Å².